The average molecular weight is 283 g/mol. The fraction of sp³-hybridized carbons (Fsp3) is 0.0625. The molecule has 0 amide bonds. The van der Waals surface area contributed by atoms with E-state index in [1.807, 2.05) is 6.08 Å². The topological polar surface area (TPSA) is 4.93 Å². The van der Waals surface area contributed by atoms with Crippen molar-refractivity contribution in [2.24, 2.45) is 0 Å². The Morgan fingerprint density at radius 2 is 1.84 bits per heavy atom. The summed E-state index contributed by atoms with van der Waals surface area (Å²) >= 11 is 7.13. The summed E-state index contributed by atoms with van der Waals surface area (Å²) in [4.78, 5) is 0. The number of nitrogens with zero attached hydrogens (tertiary/aromatic N) is 1. The van der Waals surface area contributed by atoms with E-state index >= 15 is 0 Å². The highest BCUT2D eigenvalue weighted by Gasteiger charge is 2.04. The first kappa shape index (κ1) is 12.3. The highest BCUT2D eigenvalue weighted by Crippen LogP contribution is 2.23. The van der Waals surface area contributed by atoms with Crippen LogP contribution < -0.4 is 0 Å². The van der Waals surface area contributed by atoms with E-state index in [0.717, 1.165) is 16.1 Å². The quantitative estimate of drug-likeness (QED) is 0.604. The number of hydrogen-bond acceptors (Lipinski definition) is 2. The van der Waals surface area contributed by atoms with E-state index in [2.05, 4.69) is 59.7 Å². The maximum atomic E-state index is 5.47. The van der Waals surface area contributed by atoms with Crippen molar-refractivity contribution in [1.29, 1.82) is 0 Å². The predicted molar refractivity (Wildman–Crippen MR) is 86.3 cm³/mol. The van der Waals surface area contributed by atoms with Crippen LogP contribution in [0.2, 0.25) is 0 Å². The Kier molecular flexibility index (Phi) is 3.32. The van der Waals surface area contributed by atoms with E-state index in [-0.39, 0.29) is 0 Å². The number of thiazole rings is 1. The SMILES string of the molecule is C=Cc1ccc(Cn2c(=S)sc3ccccc32)cc1. The Morgan fingerprint density at radius 3 is 2.58 bits per heavy atom. The highest BCUT2D eigenvalue weighted by molar-refractivity contribution is 7.73. The van der Waals surface area contributed by atoms with Crippen LogP contribution >= 0.6 is 23.6 Å². The van der Waals surface area contributed by atoms with Gasteiger partial charge in [0.1, 0.15) is 0 Å². The number of aromatic nitrogens is 1. The molecule has 0 aliphatic heterocycles. The van der Waals surface area contributed by atoms with Gasteiger partial charge in [0, 0.05) is 6.54 Å². The Bertz CT molecular complexity index is 778. The molecule has 1 heterocycles. The summed E-state index contributed by atoms with van der Waals surface area (Å²) in [5, 5.41) is 0. The lowest BCUT2D eigenvalue weighted by molar-refractivity contribution is 0.833. The Morgan fingerprint density at radius 1 is 1.11 bits per heavy atom. The lowest BCUT2D eigenvalue weighted by Gasteiger charge is -2.05. The summed E-state index contributed by atoms with van der Waals surface area (Å²) < 4.78 is 4.36. The molecule has 0 N–H and O–H groups in total. The molecule has 94 valence electrons. The monoisotopic (exact) mass is 283 g/mol. The van der Waals surface area contributed by atoms with Crippen molar-refractivity contribution in [2.45, 2.75) is 6.54 Å². The second kappa shape index (κ2) is 5.11. The van der Waals surface area contributed by atoms with Gasteiger partial charge in [-0.25, -0.2) is 0 Å². The lowest BCUT2D eigenvalue weighted by Crippen LogP contribution is -1.98. The van der Waals surface area contributed by atoms with Crippen molar-refractivity contribution in [3.63, 3.8) is 0 Å². The third kappa shape index (κ3) is 2.39. The number of hydrogen-bond donors (Lipinski definition) is 0. The molecule has 2 aromatic carbocycles. The zero-order valence-electron chi connectivity index (χ0n) is 10.4. The number of rotatable bonds is 3. The third-order valence-electron chi connectivity index (χ3n) is 3.13. The second-order valence-electron chi connectivity index (χ2n) is 4.37. The third-order valence-corrected chi connectivity index (χ3v) is 4.56. The van der Waals surface area contributed by atoms with Crippen molar-refractivity contribution < 1.29 is 0 Å². The van der Waals surface area contributed by atoms with Crippen molar-refractivity contribution in [2.75, 3.05) is 0 Å². The van der Waals surface area contributed by atoms with Gasteiger partial charge >= 0.3 is 0 Å². The summed E-state index contributed by atoms with van der Waals surface area (Å²) in [7, 11) is 0. The highest BCUT2D eigenvalue weighted by atomic mass is 32.1. The Labute approximate surface area is 121 Å². The van der Waals surface area contributed by atoms with Crippen LogP contribution in [0.1, 0.15) is 11.1 Å². The number of para-hydroxylation sites is 1. The maximum absolute atomic E-state index is 5.47. The van der Waals surface area contributed by atoms with Crippen LogP contribution in [0.3, 0.4) is 0 Å². The molecule has 19 heavy (non-hydrogen) atoms. The molecule has 1 aromatic heterocycles. The van der Waals surface area contributed by atoms with Crippen molar-refractivity contribution >= 4 is 39.8 Å². The van der Waals surface area contributed by atoms with Crippen LogP contribution in [-0.4, -0.2) is 4.57 Å². The minimum Gasteiger partial charge on any atom is -0.318 e. The van der Waals surface area contributed by atoms with Crippen molar-refractivity contribution in [3.8, 4) is 0 Å². The first-order valence-corrected chi connectivity index (χ1v) is 7.30. The van der Waals surface area contributed by atoms with Gasteiger partial charge in [0.25, 0.3) is 0 Å². The second-order valence-corrected chi connectivity index (χ2v) is 6.04. The molecule has 3 rings (SSSR count). The van der Waals surface area contributed by atoms with Crippen LogP contribution in [0.25, 0.3) is 16.3 Å². The van der Waals surface area contributed by atoms with Gasteiger partial charge in [0.2, 0.25) is 0 Å². The summed E-state index contributed by atoms with van der Waals surface area (Å²) in [5.74, 6) is 0. The van der Waals surface area contributed by atoms with Gasteiger partial charge < -0.3 is 4.57 Å². The van der Waals surface area contributed by atoms with Gasteiger partial charge in [-0.05, 0) is 35.5 Å². The molecular weight excluding hydrogens is 270 g/mol. The van der Waals surface area contributed by atoms with Crippen LogP contribution in [0, 0.1) is 3.95 Å². The molecule has 0 atom stereocenters. The van der Waals surface area contributed by atoms with Gasteiger partial charge in [-0.2, -0.15) is 0 Å². The van der Waals surface area contributed by atoms with Crippen LogP contribution in [0.5, 0.6) is 0 Å². The van der Waals surface area contributed by atoms with Gasteiger partial charge in [-0.1, -0.05) is 49.1 Å². The minimum absolute atomic E-state index is 0.820. The van der Waals surface area contributed by atoms with Gasteiger partial charge in [-0.3, -0.25) is 0 Å². The molecule has 0 saturated heterocycles. The average Bonchev–Trinajstić information content (AvgIpc) is 2.76. The predicted octanol–water partition coefficient (Wildman–Crippen LogP) is 5.12. The smallest absolute Gasteiger partial charge is 0.162 e. The normalized spacial score (nSPS) is 10.7. The zero-order valence-corrected chi connectivity index (χ0v) is 12.0. The molecule has 0 radical (unpaired) electrons. The van der Waals surface area contributed by atoms with Crippen molar-refractivity contribution in [3.05, 3.63) is 70.2 Å². The summed E-state index contributed by atoms with van der Waals surface area (Å²) in [5.41, 5.74) is 3.61. The summed E-state index contributed by atoms with van der Waals surface area (Å²) in [6, 6.07) is 16.8. The van der Waals surface area contributed by atoms with E-state index < -0.39 is 0 Å². The maximum Gasteiger partial charge on any atom is 0.162 e. The van der Waals surface area contributed by atoms with E-state index in [1.54, 1.807) is 11.3 Å². The Balaban J connectivity index is 2.02. The molecule has 0 aliphatic carbocycles. The molecule has 0 fully saturated rings. The molecule has 1 nitrogen and oxygen atoms in total. The molecule has 0 unspecified atom stereocenters. The van der Waals surface area contributed by atoms with Gasteiger partial charge in [-0.15, -0.1) is 11.3 Å². The van der Waals surface area contributed by atoms with E-state index in [9.17, 15) is 0 Å². The molecule has 0 spiro atoms. The van der Waals surface area contributed by atoms with Gasteiger partial charge in [0.05, 0.1) is 10.2 Å². The van der Waals surface area contributed by atoms with Gasteiger partial charge in [0.15, 0.2) is 3.95 Å². The summed E-state index contributed by atoms with van der Waals surface area (Å²) in [6.07, 6.45) is 1.86. The van der Waals surface area contributed by atoms with Crippen LogP contribution in [0.4, 0.5) is 0 Å². The first-order chi connectivity index (χ1) is 9.28. The van der Waals surface area contributed by atoms with E-state index in [4.69, 9.17) is 12.2 Å². The molecule has 0 bridgehead atoms. The molecule has 3 heteroatoms. The van der Waals surface area contributed by atoms with Crippen LogP contribution in [0.15, 0.2) is 55.1 Å². The molecular formula is C16H13NS2. The fourth-order valence-corrected chi connectivity index (χ4v) is 3.43. The molecule has 0 aliphatic rings. The minimum atomic E-state index is 0.820. The fourth-order valence-electron chi connectivity index (χ4n) is 2.11. The molecule has 0 saturated carbocycles. The first-order valence-electron chi connectivity index (χ1n) is 6.08. The van der Waals surface area contributed by atoms with Crippen LogP contribution in [-0.2, 0) is 6.54 Å². The standard InChI is InChI=1S/C16H13NS2/c1-2-12-7-9-13(10-8-12)11-17-14-5-3-4-6-15(14)19-16(17)18/h2-10H,1,11H2. The van der Waals surface area contributed by atoms with E-state index in [0.29, 0.717) is 0 Å². The summed E-state index contributed by atoms with van der Waals surface area (Å²) in [6.45, 7) is 4.59. The number of fused-ring (bicyclic) bond motifs is 1. The largest absolute Gasteiger partial charge is 0.318 e. The Hall–Kier alpha value is -1.71. The number of benzene rings is 2. The lowest BCUT2D eigenvalue weighted by atomic mass is 10.1. The van der Waals surface area contributed by atoms with Crippen molar-refractivity contribution in [1.82, 2.24) is 4.57 Å². The zero-order chi connectivity index (χ0) is 13.2. The van der Waals surface area contributed by atoms with E-state index in [1.165, 1.54) is 15.8 Å². The molecule has 3 aromatic rings.